The van der Waals surface area contributed by atoms with Crippen molar-refractivity contribution in [3.8, 4) is 5.75 Å². The number of aromatic nitrogens is 2. The molecule has 12 nitrogen and oxygen atoms in total. The largest absolute Gasteiger partial charge is 0.495 e. The third kappa shape index (κ3) is 5.91. The number of halogens is 1. The highest BCUT2D eigenvalue weighted by Crippen LogP contribution is 2.31. The molecule has 2 aromatic rings. The predicted octanol–water partition coefficient (Wildman–Crippen LogP) is 2.32. The maximum absolute atomic E-state index is 12.1. The number of aryl methyl sites for hydroxylation is 1. The van der Waals surface area contributed by atoms with Crippen molar-refractivity contribution in [3.05, 3.63) is 50.8 Å². The second-order valence-electron chi connectivity index (χ2n) is 7.42. The van der Waals surface area contributed by atoms with Crippen molar-refractivity contribution in [2.24, 2.45) is 0 Å². The SMILES string of the molecule is COc1ccc([N+](=O)[O-])cc1NC(=O)COC(=O)C=Cc1c(C)nn(C2CCS(=O)(=O)C2)c1Cl. The number of nitro benzene ring substituents is 1. The van der Waals surface area contributed by atoms with Crippen LogP contribution in [-0.2, 0) is 24.2 Å². The summed E-state index contributed by atoms with van der Waals surface area (Å²) < 4.78 is 34.9. The van der Waals surface area contributed by atoms with Crippen LogP contribution in [0.2, 0.25) is 5.15 Å². The number of hydrogen-bond acceptors (Lipinski definition) is 9. The minimum absolute atomic E-state index is 0.0521. The third-order valence-corrected chi connectivity index (χ3v) is 7.15. The molecule has 1 aliphatic heterocycles. The van der Waals surface area contributed by atoms with Crippen molar-refractivity contribution in [3.63, 3.8) is 0 Å². The topological polar surface area (TPSA) is 160 Å². The molecule has 1 fully saturated rings. The fourth-order valence-electron chi connectivity index (χ4n) is 3.36. The van der Waals surface area contributed by atoms with Crippen LogP contribution in [0.25, 0.3) is 6.08 Å². The third-order valence-electron chi connectivity index (χ3n) is 5.02. The van der Waals surface area contributed by atoms with E-state index in [1.165, 1.54) is 30.0 Å². The molecule has 1 amide bonds. The van der Waals surface area contributed by atoms with Gasteiger partial charge >= 0.3 is 5.97 Å². The van der Waals surface area contributed by atoms with E-state index in [-0.39, 0.29) is 39.8 Å². The Labute approximate surface area is 199 Å². The molecule has 14 heteroatoms. The first kappa shape index (κ1) is 25.2. The van der Waals surface area contributed by atoms with Crippen molar-refractivity contribution >= 4 is 50.8 Å². The van der Waals surface area contributed by atoms with Crippen molar-refractivity contribution in [2.45, 2.75) is 19.4 Å². The smallest absolute Gasteiger partial charge is 0.331 e. The van der Waals surface area contributed by atoms with Crippen LogP contribution in [0.1, 0.15) is 23.7 Å². The Morgan fingerprint density at radius 3 is 2.76 bits per heavy atom. The summed E-state index contributed by atoms with van der Waals surface area (Å²) in [6.45, 7) is 1.01. The van der Waals surface area contributed by atoms with E-state index in [1.807, 2.05) is 0 Å². The molecule has 0 spiro atoms. The molecule has 0 aliphatic carbocycles. The summed E-state index contributed by atoms with van der Waals surface area (Å²) in [5.41, 5.74) is 0.721. The van der Waals surface area contributed by atoms with Crippen LogP contribution in [0.3, 0.4) is 0 Å². The normalized spacial score (nSPS) is 17.0. The van der Waals surface area contributed by atoms with Crippen LogP contribution in [-0.4, -0.2) is 60.2 Å². The molecule has 0 saturated carbocycles. The first-order valence-corrected chi connectivity index (χ1v) is 12.1. The highest BCUT2D eigenvalue weighted by molar-refractivity contribution is 7.91. The number of nitrogens with one attached hydrogen (secondary N) is 1. The predicted molar refractivity (Wildman–Crippen MR) is 123 cm³/mol. The number of methoxy groups -OCH3 is 1. The lowest BCUT2D eigenvalue weighted by atomic mass is 10.2. The minimum atomic E-state index is -3.13. The monoisotopic (exact) mass is 512 g/mol. The summed E-state index contributed by atoms with van der Waals surface area (Å²) in [7, 11) is -1.79. The molecule has 1 N–H and O–H groups in total. The molecule has 2 heterocycles. The maximum Gasteiger partial charge on any atom is 0.331 e. The fraction of sp³-hybridized carbons (Fsp3) is 0.350. The van der Waals surface area contributed by atoms with E-state index in [1.54, 1.807) is 6.92 Å². The molecule has 3 rings (SSSR count). The first-order chi connectivity index (χ1) is 16.0. The number of hydrogen-bond donors (Lipinski definition) is 1. The summed E-state index contributed by atoms with van der Waals surface area (Å²) in [5.74, 6) is -1.36. The van der Waals surface area contributed by atoms with Gasteiger partial charge in [0.15, 0.2) is 16.4 Å². The van der Waals surface area contributed by atoms with Crippen molar-refractivity contribution in [1.29, 1.82) is 0 Å². The molecular weight excluding hydrogens is 492 g/mol. The lowest BCUT2D eigenvalue weighted by Gasteiger charge is -2.10. The standard InChI is InChI=1S/C20H21ClN4O8S/c1-12-15(20(21)24(23-12)14-7-8-34(30,31)11-14)4-6-19(27)33-10-18(26)22-16-9-13(25(28)29)3-5-17(16)32-2/h3-6,9,14H,7-8,10-11H2,1-2H3,(H,22,26). The van der Waals surface area contributed by atoms with Crippen molar-refractivity contribution in [2.75, 3.05) is 30.5 Å². The zero-order valence-corrected chi connectivity index (χ0v) is 19.8. The zero-order chi connectivity index (χ0) is 25.0. The van der Waals surface area contributed by atoms with Gasteiger partial charge in [-0.1, -0.05) is 11.6 Å². The van der Waals surface area contributed by atoms with E-state index in [9.17, 15) is 28.1 Å². The Morgan fingerprint density at radius 1 is 1.41 bits per heavy atom. The number of anilines is 1. The summed E-state index contributed by atoms with van der Waals surface area (Å²) >= 11 is 6.35. The van der Waals surface area contributed by atoms with E-state index < -0.39 is 33.2 Å². The van der Waals surface area contributed by atoms with Crippen LogP contribution in [0, 0.1) is 17.0 Å². The fourth-order valence-corrected chi connectivity index (χ4v) is 5.43. The number of carbonyl (C=O) groups is 2. The number of nitro groups is 1. The first-order valence-electron chi connectivity index (χ1n) is 9.93. The number of carbonyl (C=O) groups excluding carboxylic acids is 2. The number of amides is 1. The van der Waals surface area contributed by atoms with Gasteiger partial charge in [-0.15, -0.1) is 0 Å². The second kappa shape index (κ2) is 10.2. The highest BCUT2D eigenvalue weighted by atomic mass is 35.5. The number of ether oxygens (including phenoxy) is 2. The van der Waals surface area contributed by atoms with Gasteiger partial charge in [-0.25, -0.2) is 17.9 Å². The highest BCUT2D eigenvalue weighted by Gasteiger charge is 2.31. The number of nitrogens with zero attached hydrogens (tertiary/aromatic N) is 3. The van der Waals surface area contributed by atoms with Crippen LogP contribution >= 0.6 is 11.6 Å². The molecule has 1 saturated heterocycles. The molecule has 1 aliphatic rings. The van der Waals surface area contributed by atoms with E-state index in [2.05, 4.69) is 10.4 Å². The summed E-state index contributed by atoms with van der Waals surface area (Å²) in [6, 6.07) is 3.30. The zero-order valence-electron chi connectivity index (χ0n) is 18.2. The number of non-ortho nitro benzene ring substituents is 1. The molecule has 1 aromatic carbocycles. The number of rotatable bonds is 8. The van der Waals surface area contributed by atoms with Gasteiger partial charge in [0.25, 0.3) is 11.6 Å². The lowest BCUT2D eigenvalue weighted by Crippen LogP contribution is -2.20. The Bertz CT molecular complexity index is 1270. The Hall–Kier alpha value is -3.45. The summed E-state index contributed by atoms with van der Waals surface area (Å²) in [6.07, 6.45) is 2.83. The number of esters is 1. The van der Waals surface area contributed by atoms with E-state index in [0.29, 0.717) is 17.7 Å². The molecule has 1 unspecified atom stereocenters. The van der Waals surface area contributed by atoms with Gasteiger partial charge in [-0.2, -0.15) is 5.10 Å². The quantitative estimate of drug-likeness (QED) is 0.242. The second-order valence-corrected chi connectivity index (χ2v) is 10.0. The van der Waals surface area contributed by atoms with Crippen molar-refractivity contribution in [1.82, 2.24) is 9.78 Å². The van der Waals surface area contributed by atoms with Crippen LogP contribution < -0.4 is 10.1 Å². The Morgan fingerprint density at radius 2 is 2.15 bits per heavy atom. The van der Waals surface area contributed by atoms with Gasteiger partial charge in [0, 0.05) is 23.8 Å². The molecular formula is C20H21ClN4O8S. The molecule has 182 valence electrons. The van der Waals surface area contributed by atoms with Gasteiger partial charge in [0.1, 0.15) is 10.9 Å². The van der Waals surface area contributed by atoms with Crippen LogP contribution in [0.15, 0.2) is 24.3 Å². The molecule has 1 aromatic heterocycles. The van der Waals surface area contributed by atoms with Gasteiger partial charge in [-0.3, -0.25) is 14.9 Å². The minimum Gasteiger partial charge on any atom is -0.495 e. The van der Waals surface area contributed by atoms with Gasteiger partial charge < -0.3 is 14.8 Å². The number of sulfone groups is 1. The van der Waals surface area contributed by atoms with Crippen LogP contribution in [0.5, 0.6) is 5.75 Å². The van der Waals surface area contributed by atoms with Crippen molar-refractivity contribution < 1.29 is 32.4 Å². The Balaban J connectivity index is 1.60. The summed E-state index contributed by atoms with van der Waals surface area (Å²) in [4.78, 5) is 34.5. The maximum atomic E-state index is 12.1. The van der Waals surface area contributed by atoms with E-state index >= 15 is 0 Å². The lowest BCUT2D eigenvalue weighted by molar-refractivity contribution is -0.384. The van der Waals surface area contributed by atoms with Gasteiger partial charge in [-0.05, 0) is 25.5 Å². The van der Waals surface area contributed by atoms with Gasteiger partial charge in [0.05, 0.1) is 41.0 Å². The van der Waals surface area contributed by atoms with E-state index in [0.717, 1.165) is 12.1 Å². The Kier molecular flexibility index (Phi) is 7.57. The molecule has 1 atom stereocenters. The van der Waals surface area contributed by atoms with E-state index in [4.69, 9.17) is 21.1 Å². The summed E-state index contributed by atoms with van der Waals surface area (Å²) in [5, 5.41) is 17.8. The average Bonchev–Trinajstić information content (AvgIpc) is 3.28. The molecule has 0 bridgehead atoms. The number of benzene rings is 1. The average molecular weight is 513 g/mol. The molecule has 34 heavy (non-hydrogen) atoms. The van der Waals surface area contributed by atoms with Gasteiger partial charge in [0.2, 0.25) is 0 Å². The molecule has 0 radical (unpaired) electrons. The van der Waals surface area contributed by atoms with Crippen LogP contribution in [0.4, 0.5) is 11.4 Å².